The Balaban J connectivity index is 2.15. The number of fused-ring (bicyclic) bond motifs is 1. The van der Waals surface area contributed by atoms with Crippen LogP contribution in [0, 0.1) is 0 Å². The zero-order chi connectivity index (χ0) is 18.1. The Labute approximate surface area is 144 Å². The van der Waals surface area contributed by atoms with Crippen molar-refractivity contribution in [1.29, 1.82) is 0 Å². The van der Waals surface area contributed by atoms with E-state index < -0.39 is 5.97 Å². The smallest absolute Gasteiger partial charge is 0.323 e. The molecular formula is C15H23N7O3. The maximum Gasteiger partial charge on any atom is 0.323 e. The molecule has 3 rings (SSSR count). The Morgan fingerprint density at radius 1 is 1.32 bits per heavy atom. The van der Waals surface area contributed by atoms with Crippen molar-refractivity contribution in [2.45, 2.75) is 13.5 Å². The van der Waals surface area contributed by atoms with Gasteiger partial charge in [-0.3, -0.25) is 14.2 Å². The lowest BCUT2D eigenvalue weighted by Crippen LogP contribution is -2.44. The fourth-order valence-electron chi connectivity index (χ4n) is 3.16. The molecule has 2 aromatic heterocycles. The van der Waals surface area contributed by atoms with Crippen molar-refractivity contribution in [2.24, 2.45) is 7.05 Å². The number of carboxylic acids is 1. The van der Waals surface area contributed by atoms with Gasteiger partial charge < -0.3 is 24.8 Å². The minimum atomic E-state index is -0.988. The first-order valence-corrected chi connectivity index (χ1v) is 8.30. The summed E-state index contributed by atoms with van der Waals surface area (Å²) in [5, 5.41) is 12.3. The molecule has 2 N–H and O–H groups in total. The molecule has 10 nitrogen and oxygen atoms in total. The fraction of sp³-hybridized carbons (Fsp3) is 0.600. The summed E-state index contributed by atoms with van der Waals surface area (Å²) in [6.07, 6.45) is 0. The number of carboxylic acid groups (broad SMARTS) is 1. The standard InChI is InChI=1S/C15H23N7O3/c1-4-22-11-12(18-15(22)21-7-5-16-6-8-21)17-14(20(3)13(11)25)19(2)9-10(23)24/h16H,4-9H2,1-3H3,(H,23,24). The average molecular weight is 349 g/mol. The van der Waals surface area contributed by atoms with Crippen LogP contribution in [0.3, 0.4) is 0 Å². The van der Waals surface area contributed by atoms with E-state index in [4.69, 9.17) is 5.11 Å². The van der Waals surface area contributed by atoms with Crippen molar-refractivity contribution in [3.63, 3.8) is 0 Å². The Morgan fingerprint density at radius 2 is 2.00 bits per heavy atom. The van der Waals surface area contributed by atoms with E-state index in [1.54, 1.807) is 14.1 Å². The number of aliphatic carboxylic acids is 1. The van der Waals surface area contributed by atoms with Crippen molar-refractivity contribution in [1.82, 2.24) is 24.4 Å². The van der Waals surface area contributed by atoms with Gasteiger partial charge in [0, 0.05) is 46.8 Å². The third-order valence-electron chi connectivity index (χ3n) is 4.37. The van der Waals surface area contributed by atoms with E-state index in [0.717, 1.165) is 32.1 Å². The maximum atomic E-state index is 12.9. The molecule has 0 bridgehead atoms. The van der Waals surface area contributed by atoms with Gasteiger partial charge in [0.05, 0.1) is 0 Å². The van der Waals surface area contributed by atoms with Gasteiger partial charge in [-0.1, -0.05) is 0 Å². The van der Waals surface area contributed by atoms with Crippen LogP contribution in [0.4, 0.5) is 11.9 Å². The highest BCUT2D eigenvalue weighted by atomic mass is 16.4. The van der Waals surface area contributed by atoms with Crippen molar-refractivity contribution >= 4 is 29.0 Å². The monoisotopic (exact) mass is 349 g/mol. The molecule has 3 heterocycles. The predicted molar refractivity (Wildman–Crippen MR) is 94.4 cm³/mol. The molecule has 1 saturated heterocycles. The lowest BCUT2D eigenvalue weighted by molar-refractivity contribution is -0.135. The average Bonchev–Trinajstić information content (AvgIpc) is 2.96. The van der Waals surface area contributed by atoms with Crippen LogP contribution >= 0.6 is 0 Å². The summed E-state index contributed by atoms with van der Waals surface area (Å²) in [5.41, 5.74) is 0.574. The van der Waals surface area contributed by atoms with Crippen LogP contribution in [-0.2, 0) is 18.4 Å². The van der Waals surface area contributed by atoms with Gasteiger partial charge in [0.15, 0.2) is 11.2 Å². The highest BCUT2D eigenvalue weighted by Crippen LogP contribution is 2.21. The minimum absolute atomic E-state index is 0.229. The summed E-state index contributed by atoms with van der Waals surface area (Å²) in [5.74, 6) is 0.0339. The van der Waals surface area contributed by atoms with E-state index in [1.807, 2.05) is 11.5 Å². The number of carbonyl (C=O) groups is 1. The number of nitrogens with one attached hydrogen (secondary N) is 1. The first-order valence-electron chi connectivity index (χ1n) is 8.30. The number of anilines is 2. The first kappa shape index (κ1) is 17.2. The zero-order valence-electron chi connectivity index (χ0n) is 14.7. The normalized spacial score (nSPS) is 14.9. The largest absolute Gasteiger partial charge is 0.480 e. The van der Waals surface area contributed by atoms with Gasteiger partial charge in [0.2, 0.25) is 11.9 Å². The number of imidazole rings is 1. The van der Waals surface area contributed by atoms with E-state index in [2.05, 4.69) is 20.2 Å². The van der Waals surface area contributed by atoms with E-state index in [0.29, 0.717) is 17.7 Å². The molecular weight excluding hydrogens is 326 g/mol. The molecule has 0 saturated carbocycles. The molecule has 0 amide bonds. The maximum absolute atomic E-state index is 12.9. The lowest BCUT2D eigenvalue weighted by atomic mass is 10.4. The Hall–Kier alpha value is -2.62. The first-order chi connectivity index (χ1) is 11.9. The number of likely N-dealkylation sites (N-methyl/N-ethyl adjacent to an activating group) is 1. The molecule has 25 heavy (non-hydrogen) atoms. The van der Waals surface area contributed by atoms with Gasteiger partial charge in [0.1, 0.15) is 6.54 Å². The van der Waals surface area contributed by atoms with Gasteiger partial charge in [-0.05, 0) is 6.92 Å². The van der Waals surface area contributed by atoms with E-state index >= 15 is 0 Å². The summed E-state index contributed by atoms with van der Waals surface area (Å²) in [4.78, 5) is 36.5. The Bertz CT molecular complexity index is 851. The number of nitrogens with zero attached hydrogens (tertiary/aromatic N) is 6. The van der Waals surface area contributed by atoms with Crippen LogP contribution in [-0.4, -0.2) is 69.9 Å². The van der Waals surface area contributed by atoms with Crippen LogP contribution < -0.4 is 20.7 Å². The van der Waals surface area contributed by atoms with Gasteiger partial charge in [0.25, 0.3) is 5.56 Å². The molecule has 136 valence electrons. The molecule has 1 aliphatic rings. The van der Waals surface area contributed by atoms with E-state index in [-0.39, 0.29) is 18.1 Å². The summed E-state index contributed by atoms with van der Waals surface area (Å²) in [7, 11) is 3.19. The van der Waals surface area contributed by atoms with Crippen molar-refractivity contribution in [3.8, 4) is 0 Å². The summed E-state index contributed by atoms with van der Waals surface area (Å²) >= 11 is 0. The Kier molecular flexibility index (Phi) is 4.62. The summed E-state index contributed by atoms with van der Waals surface area (Å²) in [6, 6.07) is 0. The van der Waals surface area contributed by atoms with Crippen molar-refractivity contribution in [3.05, 3.63) is 10.4 Å². The SMILES string of the molecule is CCn1c(N2CCNCC2)nc2nc(N(C)CC(=O)O)n(C)c(=O)c21. The molecule has 0 spiro atoms. The molecule has 0 radical (unpaired) electrons. The van der Waals surface area contributed by atoms with Crippen molar-refractivity contribution < 1.29 is 9.90 Å². The van der Waals surface area contributed by atoms with E-state index in [9.17, 15) is 9.59 Å². The number of aryl methyl sites for hydroxylation is 1. The molecule has 0 aromatic carbocycles. The number of rotatable bonds is 5. The lowest BCUT2D eigenvalue weighted by Gasteiger charge is -2.28. The van der Waals surface area contributed by atoms with E-state index in [1.165, 1.54) is 9.47 Å². The summed E-state index contributed by atoms with van der Waals surface area (Å²) < 4.78 is 3.26. The molecule has 2 aromatic rings. The van der Waals surface area contributed by atoms with Gasteiger partial charge >= 0.3 is 5.97 Å². The highest BCUT2D eigenvalue weighted by Gasteiger charge is 2.23. The van der Waals surface area contributed by atoms with Crippen molar-refractivity contribution in [2.75, 3.05) is 49.6 Å². The topological polar surface area (TPSA) is 109 Å². The molecule has 10 heteroatoms. The minimum Gasteiger partial charge on any atom is -0.480 e. The number of aromatic nitrogens is 4. The van der Waals surface area contributed by atoms with Gasteiger partial charge in [-0.2, -0.15) is 9.97 Å². The number of piperazine rings is 1. The quantitative estimate of drug-likeness (QED) is 0.713. The van der Waals surface area contributed by atoms with Crippen LogP contribution in [0.2, 0.25) is 0 Å². The molecule has 1 aliphatic heterocycles. The summed E-state index contributed by atoms with van der Waals surface area (Å²) in [6.45, 7) is 5.69. The predicted octanol–water partition coefficient (Wildman–Crippen LogP) is -0.920. The van der Waals surface area contributed by atoms with Crippen LogP contribution in [0.1, 0.15) is 6.92 Å². The van der Waals surface area contributed by atoms with Crippen LogP contribution in [0.5, 0.6) is 0 Å². The molecule has 0 aliphatic carbocycles. The second kappa shape index (κ2) is 6.71. The number of hydrogen-bond donors (Lipinski definition) is 2. The van der Waals surface area contributed by atoms with Gasteiger partial charge in [-0.25, -0.2) is 0 Å². The third kappa shape index (κ3) is 3.04. The van der Waals surface area contributed by atoms with Crippen LogP contribution in [0.25, 0.3) is 11.2 Å². The zero-order valence-corrected chi connectivity index (χ0v) is 14.7. The molecule has 0 atom stereocenters. The number of hydrogen-bond acceptors (Lipinski definition) is 7. The third-order valence-corrected chi connectivity index (χ3v) is 4.37. The second-order valence-corrected chi connectivity index (χ2v) is 6.09. The highest BCUT2D eigenvalue weighted by molar-refractivity contribution is 5.77. The second-order valence-electron chi connectivity index (χ2n) is 6.09. The Morgan fingerprint density at radius 3 is 2.60 bits per heavy atom. The van der Waals surface area contributed by atoms with Gasteiger partial charge in [-0.15, -0.1) is 0 Å². The fourth-order valence-corrected chi connectivity index (χ4v) is 3.16. The molecule has 0 unspecified atom stereocenters. The van der Waals surface area contributed by atoms with Crippen LogP contribution in [0.15, 0.2) is 4.79 Å². The molecule has 1 fully saturated rings.